The highest BCUT2D eigenvalue weighted by Gasteiger charge is 2.18. The van der Waals surface area contributed by atoms with Gasteiger partial charge in [0.25, 0.3) is 5.91 Å². The van der Waals surface area contributed by atoms with Gasteiger partial charge in [-0.1, -0.05) is 18.2 Å². The van der Waals surface area contributed by atoms with E-state index in [0.29, 0.717) is 36.8 Å². The fourth-order valence-electron chi connectivity index (χ4n) is 3.23. The van der Waals surface area contributed by atoms with E-state index in [1.807, 2.05) is 18.2 Å². The molecule has 1 fully saturated rings. The van der Waals surface area contributed by atoms with Crippen LogP contribution in [0.2, 0.25) is 0 Å². The Kier molecular flexibility index (Phi) is 6.08. The van der Waals surface area contributed by atoms with Crippen LogP contribution in [0.5, 0.6) is 5.75 Å². The molecule has 0 radical (unpaired) electrons. The molecule has 1 atom stereocenters. The Labute approximate surface area is 158 Å². The second kappa shape index (κ2) is 8.68. The van der Waals surface area contributed by atoms with Crippen molar-refractivity contribution in [3.63, 3.8) is 0 Å². The van der Waals surface area contributed by atoms with Crippen molar-refractivity contribution in [2.45, 2.75) is 18.8 Å². The van der Waals surface area contributed by atoms with Crippen LogP contribution in [-0.2, 0) is 11.2 Å². The number of ether oxygens (including phenoxy) is 2. The minimum Gasteiger partial charge on any atom is -0.496 e. The minimum absolute atomic E-state index is 0.128. The molecule has 3 rings (SSSR count). The number of carbonyl (C=O) groups excluding carboxylic acids is 1. The van der Waals surface area contributed by atoms with Gasteiger partial charge >= 0.3 is 5.97 Å². The molecule has 0 aromatic heterocycles. The average Bonchev–Trinajstić information content (AvgIpc) is 3.23. The average molecular weight is 369 g/mol. The lowest BCUT2D eigenvalue weighted by Gasteiger charge is -2.12. The quantitative estimate of drug-likeness (QED) is 0.784. The van der Waals surface area contributed by atoms with E-state index in [9.17, 15) is 9.59 Å². The molecule has 6 heteroatoms. The summed E-state index contributed by atoms with van der Waals surface area (Å²) >= 11 is 0. The summed E-state index contributed by atoms with van der Waals surface area (Å²) in [6.45, 7) is 1.90. The Morgan fingerprint density at radius 1 is 1.22 bits per heavy atom. The predicted molar refractivity (Wildman–Crippen MR) is 101 cm³/mol. The molecule has 2 N–H and O–H groups in total. The van der Waals surface area contributed by atoms with Gasteiger partial charge in [0, 0.05) is 24.6 Å². The van der Waals surface area contributed by atoms with Crippen LogP contribution in [0.1, 0.15) is 44.2 Å². The Hall–Kier alpha value is -2.86. The van der Waals surface area contributed by atoms with Gasteiger partial charge in [0.1, 0.15) is 5.75 Å². The van der Waals surface area contributed by atoms with E-state index in [0.717, 1.165) is 24.2 Å². The molecule has 6 nitrogen and oxygen atoms in total. The summed E-state index contributed by atoms with van der Waals surface area (Å²) < 4.78 is 10.7. The van der Waals surface area contributed by atoms with Crippen LogP contribution in [0.4, 0.5) is 0 Å². The van der Waals surface area contributed by atoms with E-state index in [2.05, 4.69) is 5.32 Å². The second-order valence-corrected chi connectivity index (χ2v) is 6.52. The van der Waals surface area contributed by atoms with Gasteiger partial charge in [0.2, 0.25) is 0 Å². The first-order valence-corrected chi connectivity index (χ1v) is 8.94. The van der Waals surface area contributed by atoms with Crippen molar-refractivity contribution in [1.29, 1.82) is 0 Å². The molecule has 27 heavy (non-hydrogen) atoms. The van der Waals surface area contributed by atoms with E-state index in [1.54, 1.807) is 12.1 Å². The van der Waals surface area contributed by atoms with Crippen molar-refractivity contribution in [3.8, 4) is 5.75 Å². The molecule has 1 unspecified atom stereocenters. The van der Waals surface area contributed by atoms with Crippen molar-refractivity contribution in [1.82, 2.24) is 5.32 Å². The zero-order valence-corrected chi connectivity index (χ0v) is 15.2. The summed E-state index contributed by atoms with van der Waals surface area (Å²) in [6.07, 6.45) is 1.53. The van der Waals surface area contributed by atoms with Crippen molar-refractivity contribution >= 4 is 11.9 Å². The van der Waals surface area contributed by atoms with Crippen LogP contribution in [0, 0.1) is 0 Å². The molecule has 2 aromatic rings. The largest absolute Gasteiger partial charge is 0.496 e. The van der Waals surface area contributed by atoms with E-state index < -0.39 is 5.97 Å². The monoisotopic (exact) mass is 369 g/mol. The van der Waals surface area contributed by atoms with Gasteiger partial charge in [-0.15, -0.1) is 0 Å². The zero-order valence-electron chi connectivity index (χ0n) is 15.2. The summed E-state index contributed by atoms with van der Waals surface area (Å²) in [4.78, 5) is 23.5. The number of methoxy groups -OCH3 is 1. The maximum absolute atomic E-state index is 12.4. The van der Waals surface area contributed by atoms with Gasteiger partial charge in [-0.05, 0) is 48.2 Å². The molecule has 1 saturated heterocycles. The normalized spacial score (nSPS) is 16.1. The zero-order chi connectivity index (χ0) is 19.2. The van der Waals surface area contributed by atoms with Gasteiger partial charge in [0.05, 0.1) is 19.3 Å². The minimum atomic E-state index is -0.999. The molecule has 1 aliphatic heterocycles. The summed E-state index contributed by atoms with van der Waals surface area (Å²) in [5.74, 6) is -0.264. The van der Waals surface area contributed by atoms with Crippen LogP contribution >= 0.6 is 0 Å². The fraction of sp³-hybridized carbons (Fsp3) is 0.333. The Morgan fingerprint density at radius 3 is 2.78 bits per heavy atom. The number of aromatic carboxylic acids is 1. The number of benzene rings is 2. The van der Waals surface area contributed by atoms with Crippen LogP contribution in [-0.4, -0.2) is 43.9 Å². The van der Waals surface area contributed by atoms with Gasteiger partial charge in [-0.25, -0.2) is 4.79 Å². The number of hydrogen-bond acceptors (Lipinski definition) is 4. The number of hydrogen-bond donors (Lipinski definition) is 2. The van der Waals surface area contributed by atoms with Gasteiger partial charge < -0.3 is 19.9 Å². The van der Waals surface area contributed by atoms with E-state index in [-0.39, 0.29) is 11.5 Å². The molecule has 0 spiro atoms. The lowest BCUT2D eigenvalue weighted by molar-refractivity contribution is 0.0696. The second-order valence-electron chi connectivity index (χ2n) is 6.52. The highest BCUT2D eigenvalue weighted by molar-refractivity contribution is 5.94. The Balaban J connectivity index is 1.60. The third-order valence-electron chi connectivity index (χ3n) is 4.76. The molecule has 0 bridgehead atoms. The number of carbonyl (C=O) groups is 2. The van der Waals surface area contributed by atoms with Crippen LogP contribution in [0.3, 0.4) is 0 Å². The lowest BCUT2D eigenvalue weighted by atomic mass is 9.96. The summed E-state index contributed by atoms with van der Waals surface area (Å²) in [6, 6.07) is 12.4. The number of carboxylic acid groups (broad SMARTS) is 1. The molecule has 0 saturated carbocycles. The van der Waals surface area contributed by atoms with Gasteiger partial charge in [-0.3, -0.25) is 4.79 Å². The van der Waals surface area contributed by atoms with E-state index >= 15 is 0 Å². The first-order valence-electron chi connectivity index (χ1n) is 8.94. The topological polar surface area (TPSA) is 84.9 Å². The molecule has 1 amide bonds. The van der Waals surface area contributed by atoms with Crippen LogP contribution in [0.25, 0.3) is 0 Å². The molecule has 1 heterocycles. The van der Waals surface area contributed by atoms with E-state index in [1.165, 1.54) is 19.2 Å². The van der Waals surface area contributed by atoms with E-state index in [4.69, 9.17) is 14.6 Å². The third-order valence-corrected chi connectivity index (χ3v) is 4.76. The standard InChI is InChI=1S/C21H23NO5/c1-26-19-12-17(21(24)25)6-5-14(19)7-9-22-20(23)16-4-2-3-15(11-16)18-8-10-27-13-18/h2-6,11-12,18H,7-10,13H2,1H3,(H,22,23)(H,24,25). The molecule has 142 valence electrons. The Bertz CT molecular complexity index is 827. The maximum atomic E-state index is 12.4. The summed E-state index contributed by atoms with van der Waals surface area (Å²) in [7, 11) is 1.50. The molecule has 0 aliphatic carbocycles. The molecule has 2 aromatic carbocycles. The van der Waals surface area contributed by atoms with Crippen LogP contribution < -0.4 is 10.1 Å². The highest BCUT2D eigenvalue weighted by atomic mass is 16.5. The van der Waals surface area contributed by atoms with Gasteiger partial charge in [0.15, 0.2) is 0 Å². The van der Waals surface area contributed by atoms with Crippen molar-refractivity contribution in [2.24, 2.45) is 0 Å². The predicted octanol–water partition coefficient (Wildman–Crippen LogP) is 2.87. The van der Waals surface area contributed by atoms with Gasteiger partial charge in [-0.2, -0.15) is 0 Å². The molecular formula is C21H23NO5. The number of amides is 1. The number of nitrogens with one attached hydrogen (secondary N) is 1. The van der Waals surface area contributed by atoms with Crippen LogP contribution in [0.15, 0.2) is 42.5 Å². The lowest BCUT2D eigenvalue weighted by Crippen LogP contribution is -2.26. The first kappa shape index (κ1) is 18.9. The van der Waals surface area contributed by atoms with Crippen molar-refractivity contribution in [2.75, 3.05) is 26.9 Å². The fourth-order valence-corrected chi connectivity index (χ4v) is 3.23. The molecular weight excluding hydrogens is 346 g/mol. The first-order chi connectivity index (χ1) is 13.1. The van der Waals surface area contributed by atoms with Crippen molar-refractivity contribution in [3.05, 3.63) is 64.7 Å². The smallest absolute Gasteiger partial charge is 0.335 e. The SMILES string of the molecule is COc1cc(C(=O)O)ccc1CCNC(=O)c1cccc(C2CCOC2)c1. The molecule has 1 aliphatic rings. The summed E-state index contributed by atoms with van der Waals surface area (Å²) in [5, 5.41) is 12.0. The summed E-state index contributed by atoms with van der Waals surface area (Å²) in [5.41, 5.74) is 2.78. The number of carboxylic acids is 1. The maximum Gasteiger partial charge on any atom is 0.335 e. The number of rotatable bonds is 7. The highest BCUT2D eigenvalue weighted by Crippen LogP contribution is 2.25. The van der Waals surface area contributed by atoms with Crippen molar-refractivity contribution < 1.29 is 24.2 Å². The third kappa shape index (κ3) is 4.65. The Morgan fingerprint density at radius 2 is 2.07 bits per heavy atom.